The van der Waals surface area contributed by atoms with Crippen molar-refractivity contribution in [2.45, 2.75) is 31.2 Å². The van der Waals surface area contributed by atoms with Gasteiger partial charge in [0.15, 0.2) is 0 Å². The number of rotatable bonds is 7. The van der Waals surface area contributed by atoms with E-state index in [4.69, 9.17) is 9.47 Å². The van der Waals surface area contributed by atoms with Crippen molar-refractivity contribution < 1.29 is 22.7 Å². The average molecular weight is 377 g/mol. The van der Waals surface area contributed by atoms with Gasteiger partial charge in [-0.3, -0.25) is 9.10 Å². The molecular formula is C19H23NO5S. The monoisotopic (exact) mass is 377 g/mol. The maximum Gasteiger partial charge on any atom is 0.307 e. The van der Waals surface area contributed by atoms with Crippen LogP contribution in [0.3, 0.4) is 0 Å². The first-order valence-electron chi connectivity index (χ1n) is 8.11. The van der Waals surface area contributed by atoms with E-state index in [1.165, 1.54) is 18.5 Å². The van der Waals surface area contributed by atoms with Gasteiger partial charge < -0.3 is 9.47 Å². The summed E-state index contributed by atoms with van der Waals surface area (Å²) in [6, 6.07) is 12.6. The van der Waals surface area contributed by atoms with Crippen molar-refractivity contribution >= 4 is 21.7 Å². The van der Waals surface area contributed by atoms with Crippen molar-refractivity contribution in [3.8, 4) is 5.75 Å². The van der Waals surface area contributed by atoms with Gasteiger partial charge in [-0.2, -0.15) is 0 Å². The van der Waals surface area contributed by atoms with Gasteiger partial charge in [-0.25, -0.2) is 8.42 Å². The van der Waals surface area contributed by atoms with Crippen LogP contribution in [-0.2, 0) is 19.6 Å². The molecular weight excluding hydrogens is 354 g/mol. The van der Waals surface area contributed by atoms with Crippen molar-refractivity contribution in [1.29, 1.82) is 0 Å². The van der Waals surface area contributed by atoms with E-state index in [-0.39, 0.29) is 11.3 Å². The average Bonchev–Trinajstić information content (AvgIpc) is 2.62. The molecule has 0 aliphatic rings. The molecule has 2 aromatic rings. The number of benzene rings is 2. The lowest BCUT2D eigenvalue weighted by molar-refractivity contribution is -0.140. The first-order chi connectivity index (χ1) is 12.3. The Bertz CT molecular complexity index is 845. The highest BCUT2D eigenvalue weighted by molar-refractivity contribution is 7.92. The van der Waals surface area contributed by atoms with Crippen LogP contribution < -0.4 is 9.04 Å². The molecule has 0 saturated carbocycles. The minimum Gasteiger partial charge on any atom is -0.497 e. The molecule has 0 radical (unpaired) electrons. The Morgan fingerprint density at radius 3 is 2.12 bits per heavy atom. The molecule has 6 nitrogen and oxygen atoms in total. The number of nitrogens with zero attached hydrogens (tertiary/aromatic N) is 1. The molecule has 0 N–H and O–H groups in total. The van der Waals surface area contributed by atoms with Crippen LogP contribution in [-0.4, -0.2) is 34.6 Å². The lowest BCUT2D eigenvalue weighted by Crippen LogP contribution is -2.40. The van der Waals surface area contributed by atoms with Gasteiger partial charge in [0.2, 0.25) is 0 Å². The quantitative estimate of drug-likeness (QED) is 0.693. The number of anilines is 1. The topological polar surface area (TPSA) is 72.9 Å². The smallest absolute Gasteiger partial charge is 0.307 e. The molecule has 0 bridgehead atoms. The van der Waals surface area contributed by atoms with Crippen molar-refractivity contribution in [3.05, 3.63) is 54.1 Å². The van der Waals surface area contributed by atoms with E-state index in [2.05, 4.69) is 0 Å². The summed E-state index contributed by atoms with van der Waals surface area (Å²) in [5.41, 5.74) is 1.41. The van der Waals surface area contributed by atoms with E-state index in [1.54, 1.807) is 55.5 Å². The van der Waals surface area contributed by atoms with Crippen LogP contribution in [0.4, 0.5) is 5.69 Å². The maximum atomic E-state index is 13.3. The molecule has 0 aromatic heterocycles. The van der Waals surface area contributed by atoms with Crippen LogP contribution >= 0.6 is 0 Å². The summed E-state index contributed by atoms with van der Waals surface area (Å²) in [7, 11) is -1.04. The van der Waals surface area contributed by atoms with Gasteiger partial charge in [0, 0.05) is 0 Å². The Balaban J connectivity index is 2.50. The van der Waals surface area contributed by atoms with Crippen LogP contribution in [0.2, 0.25) is 0 Å². The molecule has 26 heavy (non-hydrogen) atoms. The molecule has 0 saturated heterocycles. The predicted molar refractivity (Wildman–Crippen MR) is 99.9 cm³/mol. The zero-order valence-electron chi connectivity index (χ0n) is 15.3. The van der Waals surface area contributed by atoms with Crippen molar-refractivity contribution in [2.24, 2.45) is 0 Å². The molecule has 0 aliphatic heterocycles. The van der Waals surface area contributed by atoms with E-state index >= 15 is 0 Å². The van der Waals surface area contributed by atoms with E-state index < -0.39 is 22.0 Å². The number of esters is 1. The summed E-state index contributed by atoms with van der Waals surface area (Å²) in [4.78, 5) is 11.9. The Morgan fingerprint density at radius 1 is 1.04 bits per heavy atom. The lowest BCUT2D eigenvalue weighted by Gasteiger charge is -2.30. The Hall–Kier alpha value is -2.54. The van der Waals surface area contributed by atoms with Gasteiger partial charge in [-0.15, -0.1) is 0 Å². The number of aryl methyl sites for hydroxylation is 1. The van der Waals surface area contributed by atoms with Gasteiger partial charge in [0.1, 0.15) is 5.75 Å². The van der Waals surface area contributed by atoms with Gasteiger partial charge >= 0.3 is 5.97 Å². The fourth-order valence-electron chi connectivity index (χ4n) is 2.59. The fraction of sp³-hybridized carbons (Fsp3) is 0.316. The number of ether oxygens (including phenoxy) is 2. The number of methoxy groups -OCH3 is 2. The summed E-state index contributed by atoms with van der Waals surface area (Å²) in [6.45, 7) is 3.56. The SMILES string of the molecule is COC(=O)CC(C)N(c1ccc(OC)cc1)S(=O)(=O)c1ccc(C)cc1. The highest BCUT2D eigenvalue weighted by Gasteiger charge is 2.31. The summed E-state index contributed by atoms with van der Waals surface area (Å²) in [6.07, 6.45) is -0.0619. The molecule has 0 heterocycles. The molecule has 0 aliphatic carbocycles. The predicted octanol–water partition coefficient (Wildman–Crippen LogP) is 3.15. The second-order valence-corrected chi connectivity index (χ2v) is 7.76. The van der Waals surface area contributed by atoms with Crippen molar-refractivity contribution in [3.63, 3.8) is 0 Å². The van der Waals surface area contributed by atoms with Gasteiger partial charge in [0.05, 0.1) is 37.3 Å². The summed E-state index contributed by atoms with van der Waals surface area (Å²) >= 11 is 0. The third-order valence-corrected chi connectivity index (χ3v) is 5.95. The highest BCUT2D eigenvalue weighted by atomic mass is 32.2. The summed E-state index contributed by atoms with van der Waals surface area (Å²) in [5.74, 6) is 0.136. The second-order valence-electron chi connectivity index (χ2n) is 5.94. The lowest BCUT2D eigenvalue weighted by atomic mass is 10.2. The van der Waals surface area contributed by atoms with E-state index in [9.17, 15) is 13.2 Å². The third-order valence-electron chi connectivity index (χ3n) is 3.99. The zero-order chi connectivity index (χ0) is 19.3. The van der Waals surface area contributed by atoms with Crippen LogP contribution in [0.25, 0.3) is 0 Å². The largest absolute Gasteiger partial charge is 0.497 e. The normalized spacial score (nSPS) is 12.3. The first-order valence-corrected chi connectivity index (χ1v) is 9.55. The molecule has 0 spiro atoms. The molecule has 2 aromatic carbocycles. The standard InChI is InChI=1S/C19H23NO5S/c1-14-5-11-18(12-6-14)26(22,23)20(15(2)13-19(21)25-4)16-7-9-17(24-3)10-8-16/h5-12,15H,13H2,1-4H3. The number of sulfonamides is 1. The minimum atomic E-state index is -3.86. The van der Waals surface area contributed by atoms with Crippen LogP contribution in [0, 0.1) is 6.92 Å². The van der Waals surface area contributed by atoms with Crippen LogP contribution in [0.1, 0.15) is 18.9 Å². The second kappa shape index (κ2) is 8.23. The van der Waals surface area contributed by atoms with Crippen molar-refractivity contribution in [1.82, 2.24) is 0 Å². The third kappa shape index (κ3) is 4.35. The molecule has 7 heteroatoms. The fourth-order valence-corrected chi connectivity index (χ4v) is 4.25. The number of hydrogen-bond donors (Lipinski definition) is 0. The Kier molecular flexibility index (Phi) is 6.26. The summed E-state index contributed by atoms with van der Waals surface area (Å²) < 4.78 is 37.6. The maximum absolute atomic E-state index is 13.3. The first kappa shape index (κ1) is 19.8. The van der Waals surface area contributed by atoms with Crippen molar-refractivity contribution in [2.75, 3.05) is 18.5 Å². The van der Waals surface area contributed by atoms with E-state index in [0.29, 0.717) is 11.4 Å². The van der Waals surface area contributed by atoms with Crippen LogP contribution in [0.5, 0.6) is 5.75 Å². The number of carbonyl (C=O) groups is 1. The Labute approximate surface area is 154 Å². The van der Waals surface area contributed by atoms with E-state index in [1.807, 2.05) is 6.92 Å². The minimum absolute atomic E-state index is 0.0619. The molecule has 0 amide bonds. The number of carbonyl (C=O) groups excluding carboxylic acids is 1. The van der Waals surface area contributed by atoms with E-state index in [0.717, 1.165) is 5.56 Å². The van der Waals surface area contributed by atoms with Gasteiger partial charge in [-0.05, 0) is 50.2 Å². The molecule has 2 rings (SSSR count). The Morgan fingerprint density at radius 2 is 1.62 bits per heavy atom. The molecule has 0 fully saturated rings. The molecule has 1 unspecified atom stereocenters. The van der Waals surface area contributed by atoms with Gasteiger partial charge in [0.25, 0.3) is 10.0 Å². The summed E-state index contributed by atoms with van der Waals surface area (Å²) in [5, 5.41) is 0. The number of hydrogen-bond acceptors (Lipinski definition) is 5. The zero-order valence-corrected chi connectivity index (χ0v) is 16.1. The van der Waals surface area contributed by atoms with Gasteiger partial charge in [-0.1, -0.05) is 17.7 Å². The van der Waals surface area contributed by atoms with Crippen LogP contribution in [0.15, 0.2) is 53.4 Å². The highest BCUT2D eigenvalue weighted by Crippen LogP contribution is 2.29. The molecule has 1 atom stereocenters. The molecule has 140 valence electrons.